The number of carbonyl (C=O) groups excluding carboxylic acids is 1. The van der Waals surface area contributed by atoms with Crippen LogP contribution in [0, 0.1) is 5.92 Å². The first-order chi connectivity index (χ1) is 13.2. The van der Waals surface area contributed by atoms with Crippen molar-refractivity contribution in [3.8, 4) is 11.4 Å². The number of aromatic nitrogens is 2. The third-order valence-corrected chi connectivity index (χ3v) is 5.69. The number of rotatable bonds is 4. The van der Waals surface area contributed by atoms with E-state index in [4.69, 9.17) is 4.52 Å². The molecule has 2 saturated heterocycles. The van der Waals surface area contributed by atoms with Crippen molar-refractivity contribution in [1.29, 1.82) is 0 Å². The molecule has 1 N–H and O–H groups in total. The topological polar surface area (TPSA) is 74.5 Å². The number of piperidine rings is 1. The molecule has 2 aliphatic rings. The lowest BCUT2D eigenvalue weighted by Gasteiger charge is -2.38. The molecule has 1 aromatic heterocycles. The smallest absolute Gasteiger partial charge is 0.244 e. The summed E-state index contributed by atoms with van der Waals surface area (Å²) in [5.74, 6) is 1.77. The highest BCUT2D eigenvalue weighted by molar-refractivity contribution is 5.79. The molecular formula is C20H27N5O2. The van der Waals surface area contributed by atoms with Gasteiger partial charge in [-0.1, -0.05) is 35.5 Å². The summed E-state index contributed by atoms with van der Waals surface area (Å²) in [7, 11) is 0. The van der Waals surface area contributed by atoms with Crippen LogP contribution in [0.25, 0.3) is 11.4 Å². The van der Waals surface area contributed by atoms with Crippen molar-refractivity contribution >= 4 is 5.91 Å². The zero-order chi connectivity index (χ0) is 18.6. The molecule has 2 aliphatic heterocycles. The van der Waals surface area contributed by atoms with E-state index >= 15 is 0 Å². The van der Waals surface area contributed by atoms with Gasteiger partial charge in [0.05, 0.1) is 6.04 Å². The minimum absolute atomic E-state index is 0.0473. The summed E-state index contributed by atoms with van der Waals surface area (Å²) < 4.78 is 5.51. The first kappa shape index (κ1) is 18.1. The van der Waals surface area contributed by atoms with E-state index in [-0.39, 0.29) is 12.0 Å². The average molecular weight is 369 g/mol. The van der Waals surface area contributed by atoms with E-state index in [9.17, 15) is 4.79 Å². The molecule has 0 bridgehead atoms. The molecule has 3 heterocycles. The minimum Gasteiger partial charge on any atom is -0.340 e. The molecule has 1 atom stereocenters. The van der Waals surface area contributed by atoms with Gasteiger partial charge in [-0.15, -0.1) is 0 Å². The van der Waals surface area contributed by atoms with Gasteiger partial charge in [0.25, 0.3) is 0 Å². The molecule has 27 heavy (non-hydrogen) atoms. The molecule has 0 spiro atoms. The monoisotopic (exact) mass is 369 g/mol. The Hall–Kier alpha value is -2.25. The number of hydrogen-bond donors (Lipinski definition) is 1. The first-order valence-electron chi connectivity index (χ1n) is 9.85. The molecule has 0 radical (unpaired) electrons. The van der Waals surface area contributed by atoms with E-state index in [2.05, 4.69) is 27.3 Å². The van der Waals surface area contributed by atoms with E-state index < -0.39 is 0 Å². The third kappa shape index (κ3) is 4.04. The fourth-order valence-electron chi connectivity index (χ4n) is 3.92. The van der Waals surface area contributed by atoms with Crippen molar-refractivity contribution in [2.45, 2.75) is 25.8 Å². The van der Waals surface area contributed by atoms with Crippen LogP contribution in [0.1, 0.15) is 31.7 Å². The molecule has 0 aliphatic carbocycles. The maximum absolute atomic E-state index is 12.7. The molecular weight excluding hydrogens is 342 g/mol. The van der Waals surface area contributed by atoms with Crippen LogP contribution in [0.4, 0.5) is 0 Å². The van der Waals surface area contributed by atoms with Crippen molar-refractivity contribution < 1.29 is 9.32 Å². The average Bonchev–Trinajstić information content (AvgIpc) is 3.24. The van der Waals surface area contributed by atoms with Gasteiger partial charge >= 0.3 is 0 Å². The minimum atomic E-state index is 0.0473. The SMILES string of the molecule is CC(c1nc(-c2ccccc2)no1)N1CCN(C(=O)C2CCNCC2)CC1. The molecule has 7 nitrogen and oxygen atoms in total. The van der Waals surface area contributed by atoms with E-state index in [1.54, 1.807) is 0 Å². The first-order valence-corrected chi connectivity index (χ1v) is 9.85. The van der Waals surface area contributed by atoms with E-state index in [0.717, 1.165) is 57.7 Å². The Morgan fingerprint density at radius 2 is 1.85 bits per heavy atom. The Morgan fingerprint density at radius 3 is 2.56 bits per heavy atom. The van der Waals surface area contributed by atoms with Crippen LogP contribution in [0.2, 0.25) is 0 Å². The van der Waals surface area contributed by atoms with E-state index in [0.29, 0.717) is 17.6 Å². The van der Waals surface area contributed by atoms with Crippen LogP contribution in [-0.4, -0.2) is 65.1 Å². The van der Waals surface area contributed by atoms with Crippen LogP contribution in [-0.2, 0) is 4.79 Å². The van der Waals surface area contributed by atoms with Gasteiger partial charge in [0.1, 0.15) is 0 Å². The van der Waals surface area contributed by atoms with Crippen LogP contribution >= 0.6 is 0 Å². The Labute approximate surface area is 159 Å². The number of amides is 1. The van der Waals surface area contributed by atoms with Gasteiger partial charge in [0.15, 0.2) is 0 Å². The quantitative estimate of drug-likeness (QED) is 0.888. The standard InChI is InChI=1S/C20H27N5O2/c1-15(19-22-18(23-27-19)16-5-3-2-4-6-16)24-11-13-25(14-12-24)20(26)17-7-9-21-10-8-17/h2-6,15,17,21H,7-14H2,1H3. The Morgan fingerprint density at radius 1 is 1.15 bits per heavy atom. The number of piperazine rings is 1. The summed E-state index contributed by atoms with van der Waals surface area (Å²) in [4.78, 5) is 21.6. The second-order valence-electron chi connectivity index (χ2n) is 7.38. The molecule has 144 valence electrons. The van der Waals surface area contributed by atoms with Gasteiger partial charge in [-0.05, 0) is 32.9 Å². The summed E-state index contributed by atoms with van der Waals surface area (Å²) in [5, 5.41) is 7.45. The van der Waals surface area contributed by atoms with E-state index in [1.807, 2.05) is 35.2 Å². The zero-order valence-electron chi connectivity index (χ0n) is 15.8. The van der Waals surface area contributed by atoms with Crippen LogP contribution in [0.5, 0.6) is 0 Å². The number of nitrogens with one attached hydrogen (secondary N) is 1. The third-order valence-electron chi connectivity index (χ3n) is 5.69. The normalized spacial score (nSPS) is 20.6. The number of hydrogen-bond acceptors (Lipinski definition) is 6. The molecule has 1 aromatic carbocycles. The summed E-state index contributed by atoms with van der Waals surface area (Å²) in [6.07, 6.45) is 1.92. The van der Waals surface area contributed by atoms with Crippen LogP contribution < -0.4 is 5.32 Å². The van der Waals surface area contributed by atoms with Gasteiger partial charge in [0, 0.05) is 37.7 Å². The van der Waals surface area contributed by atoms with Gasteiger partial charge in [-0.3, -0.25) is 9.69 Å². The highest BCUT2D eigenvalue weighted by Crippen LogP contribution is 2.24. The highest BCUT2D eigenvalue weighted by Gasteiger charge is 2.31. The van der Waals surface area contributed by atoms with Crippen LogP contribution in [0.15, 0.2) is 34.9 Å². The summed E-state index contributed by atoms with van der Waals surface area (Å²) in [5.41, 5.74) is 0.956. The summed E-state index contributed by atoms with van der Waals surface area (Å²) in [6, 6.07) is 9.90. The van der Waals surface area contributed by atoms with Gasteiger partial charge in [-0.2, -0.15) is 4.98 Å². The predicted octanol–water partition coefficient (Wildman–Crippen LogP) is 1.94. The Kier molecular flexibility index (Phi) is 5.50. The lowest BCUT2D eigenvalue weighted by molar-refractivity contribution is -0.138. The Bertz CT molecular complexity index is 749. The predicted molar refractivity (Wildman–Crippen MR) is 102 cm³/mol. The van der Waals surface area contributed by atoms with E-state index in [1.165, 1.54) is 0 Å². The fourth-order valence-corrected chi connectivity index (χ4v) is 3.92. The number of benzene rings is 1. The van der Waals surface area contributed by atoms with Crippen molar-refractivity contribution in [1.82, 2.24) is 25.3 Å². The molecule has 2 fully saturated rings. The lowest BCUT2D eigenvalue weighted by Crippen LogP contribution is -2.51. The molecule has 0 saturated carbocycles. The second kappa shape index (κ2) is 8.19. The number of nitrogens with zero attached hydrogens (tertiary/aromatic N) is 4. The molecule has 2 aromatic rings. The maximum Gasteiger partial charge on any atom is 0.244 e. The van der Waals surface area contributed by atoms with Crippen molar-refractivity contribution in [2.75, 3.05) is 39.3 Å². The zero-order valence-corrected chi connectivity index (χ0v) is 15.8. The largest absolute Gasteiger partial charge is 0.340 e. The van der Waals surface area contributed by atoms with Gasteiger partial charge in [0.2, 0.25) is 17.6 Å². The van der Waals surface area contributed by atoms with Crippen LogP contribution in [0.3, 0.4) is 0 Å². The van der Waals surface area contributed by atoms with Gasteiger partial charge in [-0.25, -0.2) is 0 Å². The number of carbonyl (C=O) groups is 1. The highest BCUT2D eigenvalue weighted by atomic mass is 16.5. The summed E-state index contributed by atoms with van der Waals surface area (Å²) in [6.45, 7) is 7.20. The summed E-state index contributed by atoms with van der Waals surface area (Å²) >= 11 is 0. The van der Waals surface area contributed by atoms with Crippen molar-refractivity contribution in [3.63, 3.8) is 0 Å². The second-order valence-corrected chi connectivity index (χ2v) is 7.38. The molecule has 4 rings (SSSR count). The van der Waals surface area contributed by atoms with Crippen molar-refractivity contribution in [3.05, 3.63) is 36.2 Å². The maximum atomic E-state index is 12.7. The molecule has 1 unspecified atom stereocenters. The van der Waals surface area contributed by atoms with Crippen molar-refractivity contribution in [2.24, 2.45) is 5.92 Å². The molecule has 7 heteroatoms. The van der Waals surface area contributed by atoms with Gasteiger partial charge < -0.3 is 14.7 Å². The fraction of sp³-hybridized carbons (Fsp3) is 0.550. The molecule has 1 amide bonds. The Balaban J connectivity index is 1.34. The lowest BCUT2D eigenvalue weighted by atomic mass is 9.96.